The van der Waals surface area contributed by atoms with Crippen LogP contribution in [0.3, 0.4) is 0 Å². The topological polar surface area (TPSA) is 207 Å². The van der Waals surface area contributed by atoms with Crippen molar-refractivity contribution in [3.05, 3.63) is 102 Å². The number of hydrazine groups is 1. The Morgan fingerprint density at radius 1 is 0.968 bits per heavy atom. The molecule has 0 fully saturated rings. The van der Waals surface area contributed by atoms with Crippen LogP contribution in [0.1, 0.15) is 56.9 Å². The van der Waals surface area contributed by atoms with Crippen molar-refractivity contribution in [3.63, 3.8) is 0 Å². The summed E-state index contributed by atoms with van der Waals surface area (Å²) in [5.41, 5.74) is 5.35. The number of carbonyl (C=O) groups excluding carboxylic acids is 4. The molecule has 338 valence electrons. The van der Waals surface area contributed by atoms with Crippen LogP contribution < -0.4 is 16.0 Å². The molecule has 2 aromatic carbocycles. The van der Waals surface area contributed by atoms with E-state index in [4.69, 9.17) is 18.9 Å². The first-order chi connectivity index (χ1) is 29.4. The van der Waals surface area contributed by atoms with Crippen molar-refractivity contribution in [2.75, 3.05) is 66.0 Å². The van der Waals surface area contributed by atoms with E-state index < -0.39 is 51.5 Å². The third-order valence-electron chi connectivity index (χ3n) is 9.83. The van der Waals surface area contributed by atoms with Gasteiger partial charge in [0.2, 0.25) is 11.8 Å². The number of rotatable bonds is 23. The number of benzene rings is 2. The number of amides is 4. The van der Waals surface area contributed by atoms with Crippen LogP contribution in [0.5, 0.6) is 0 Å². The van der Waals surface area contributed by atoms with Gasteiger partial charge in [-0.05, 0) is 61.9 Å². The summed E-state index contributed by atoms with van der Waals surface area (Å²) < 4.78 is 56.9. The normalized spacial score (nSPS) is 14.5. The molecule has 2 atom stereocenters. The number of ether oxygens (including phenoxy) is 4. The fraction of sp³-hybridized carbons (Fsp3) is 0.455. The quantitative estimate of drug-likeness (QED) is 0.0439. The highest BCUT2D eigenvalue weighted by Crippen LogP contribution is 2.42. The van der Waals surface area contributed by atoms with Gasteiger partial charge >= 0.3 is 12.2 Å². The average molecular weight is 881 g/mol. The van der Waals surface area contributed by atoms with E-state index in [9.17, 15) is 32.1 Å². The number of alkyl carbamates (subject to hydrolysis) is 1. The first-order valence-corrected chi connectivity index (χ1v) is 21.9. The summed E-state index contributed by atoms with van der Waals surface area (Å²) in [6.45, 7) is 12.6. The number of para-hydroxylation sites is 1. The van der Waals surface area contributed by atoms with E-state index in [0.717, 1.165) is 38.9 Å². The lowest BCUT2D eigenvalue weighted by atomic mass is 9.98. The highest BCUT2D eigenvalue weighted by atomic mass is 32.2. The number of nitrogens with zero attached hydrogens (tertiary/aromatic N) is 3. The minimum Gasteiger partial charge on any atom is -0.447 e. The van der Waals surface area contributed by atoms with Crippen LogP contribution >= 0.6 is 0 Å². The zero-order valence-corrected chi connectivity index (χ0v) is 37.2. The van der Waals surface area contributed by atoms with Crippen molar-refractivity contribution in [1.82, 2.24) is 30.5 Å². The molecular formula is C44H60N6O11S. The lowest BCUT2D eigenvalue weighted by Crippen LogP contribution is -2.51. The SMILES string of the molecule is C=C/C=C\C1=C(C)C(COC(=O)N(C)N(C)Cc2cc3ccccc3n2CCC(=O)N[C@@H](CS(=O)(=O)O)C(=O)NCCOCCOCCNC(=O)OC(C)(C)C)c2ccccc21. The van der Waals surface area contributed by atoms with Crippen molar-refractivity contribution >= 4 is 50.6 Å². The highest BCUT2D eigenvalue weighted by molar-refractivity contribution is 7.85. The zero-order valence-electron chi connectivity index (χ0n) is 36.3. The Balaban J connectivity index is 1.28. The molecule has 1 heterocycles. The van der Waals surface area contributed by atoms with E-state index in [1.165, 1.54) is 5.01 Å². The number of hydrogen-bond donors (Lipinski definition) is 4. The van der Waals surface area contributed by atoms with Gasteiger partial charge in [0.25, 0.3) is 10.1 Å². The largest absolute Gasteiger partial charge is 0.447 e. The molecule has 0 spiro atoms. The summed E-state index contributed by atoms with van der Waals surface area (Å²) >= 11 is 0. The highest BCUT2D eigenvalue weighted by Gasteiger charge is 2.30. The Morgan fingerprint density at radius 2 is 1.63 bits per heavy atom. The molecule has 0 bridgehead atoms. The molecule has 62 heavy (non-hydrogen) atoms. The van der Waals surface area contributed by atoms with E-state index >= 15 is 0 Å². The maximum atomic E-state index is 13.4. The predicted octanol–water partition coefficient (Wildman–Crippen LogP) is 4.81. The van der Waals surface area contributed by atoms with Gasteiger partial charge < -0.3 is 39.5 Å². The second-order valence-electron chi connectivity index (χ2n) is 15.7. The monoisotopic (exact) mass is 880 g/mol. The smallest absolute Gasteiger partial charge is 0.424 e. The lowest BCUT2D eigenvalue weighted by molar-refractivity contribution is -0.128. The van der Waals surface area contributed by atoms with Crippen LogP contribution in [-0.4, -0.2) is 129 Å². The third-order valence-corrected chi connectivity index (χ3v) is 10.6. The molecule has 1 aliphatic rings. The van der Waals surface area contributed by atoms with Crippen molar-refractivity contribution in [3.8, 4) is 0 Å². The predicted molar refractivity (Wildman–Crippen MR) is 235 cm³/mol. The average Bonchev–Trinajstić information content (AvgIpc) is 3.69. The second-order valence-corrected chi connectivity index (χ2v) is 17.2. The van der Waals surface area contributed by atoms with Crippen LogP contribution in [0.4, 0.5) is 9.59 Å². The van der Waals surface area contributed by atoms with Gasteiger partial charge in [-0.25, -0.2) is 19.6 Å². The molecule has 4 amide bonds. The Bertz CT molecular complexity index is 2210. The Labute approximate surface area is 363 Å². The van der Waals surface area contributed by atoms with Gasteiger partial charge in [-0.2, -0.15) is 8.42 Å². The summed E-state index contributed by atoms with van der Waals surface area (Å²) in [5, 5.41) is 11.5. The van der Waals surface area contributed by atoms with Gasteiger partial charge in [-0.3, -0.25) is 14.1 Å². The Kier molecular flexibility index (Phi) is 18.3. The van der Waals surface area contributed by atoms with Gasteiger partial charge in [-0.1, -0.05) is 72.8 Å². The minimum absolute atomic E-state index is 0.00897. The molecule has 1 aliphatic carbocycles. The minimum atomic E-state index is -4.65. The molecule has 3 aromatic rings. The Morgan fingerprint density at radius 3 is 2.31 bits per heavy atom. The van der Waals surface area contributed by atoms with Crippen molar-refractivity contribution in [1.29, 1.82) is 0 Å². The number of hydrogen-bond acceptors (Lipinski definition) is 11. The fourth-order valence-corrected chi connectivity index (χ4v) is 7.43. The maximum absolute atomic E-state index is 13.4. The number of nitrogens with one attached hydrogen (secondary N) is 3. The van der Waals surface area contributed by atoms with Crippen LogP contribution in [0.15, 0.2) is 85.0 Å². The number of allylic oxidation sites excluding steroid dienone is 4. The van der Waals surface area contributed by atoms with Gasteiger partial charge in [-0.15, -0.1) is 0 Å². The van der Waals surface area contributed by atoms with E-state index in [2.05, 4.69) is 28.6 Å². The molecule has 0 saturated heterocycles. The summed E-state index contributed by atoms with van der Waals surface area (Å²) in [4.78, 5) is 51.2. The number of aryl methyl sites for hydroxylation is 1. The maximum Gasteiger partial charge on any atom is 0.424 e. The molecule has 0 saturated carbocycles. The fourth-order valence-electron chi connectivity index (χ4n) is 6.77. The van der Waals surface area contributed by atoms with Crippen molar-refractivity contribution in [2.45, 2.75) is 64.8 Å². The number of fused-ring (bicyclic) bond motifs is 2. The first-order valence-electron chi connectivity index (χ1n) is 20.3. The van der Waals surface area contributed by atoms with E-state index in [1.54, 1.807) is 46.0 Å². The molecule has 17 nitrogen and oxygen atoms in total. The van der Waals surface area contributed by atoms with Crippen LogP contribution in [0.2, 0.25) is 0 Å². The second kappa shape index (κ2) is 23.1. The standard InChI is InChI=1S/C44H60N6O11S/c1-8-9-15-34-31(2)37(36-17-12-11-16-35(34)36)29-60-43(54)49(7)48(6)28-33-27-32-14-10-13-18-39(32)50(33)22-19-40(51)47-38(30-62(55,56)57)41(52)45-20-23-58-25-26-59-24-21-46-42(53)61-44(3,4)5/h8-18,27,37-38H,1,19-26,28-30H2,2-7H3,(H,45,52)(H,46,53)(H,47,51)(H,55,56,57)/b15-9-/t37?,38-/m0/s1. The van der Waals surface area contributed by atoms with Crippen LogP contribution in [-0.2, 0) is 51.7 Å². The van der Waals surface area contributed by atoms with Gasteiger partial charge in [0, 0.05) is 57.3 Å². The van der Waals surface area contributed by atoms with E-state index in [-0.39, 0.29) is 71.6 Å². The third kappa shape index (κ3) is 15.1. The summed E-state index contributed by atoms with van der Waals surface area (Å²) in [6, 6.07) is 16.0. The molecule has 18 heteroatoms. The number of aromatic nitrogens is 1. The molecule has 1 aromatic heterocycles. The van der Waals surface area contributed by atoms with Crippen molar-refractivity contribution < 1.29 is 51.1 Å². The van der Waals surface area contributed by atoms with Crippen LogP contribution in [0.25, 0.3) is 16.5 Å². The molecule has 1 unspecified atom stereocenters. The zero-order chi connectivity index (χ0) is 45.5. The van der Waals surface area contributed by atoms with Gasteiger partial charge in [0.1, 0.15) is 24.0 Å². The van der Waals surface area contributed by atoms with Crippen LogP contribution in [0, 0.1) is 0 Å². The molecule has 0 aliphatic heterocycles. The summed E-state index contributed by atoms with van der Waals surface area (Å²) in [5.74, 6) is -2.57. The van der Waals surface area contributed by atoms with Gasteiger partial charge in [0.05, 0.1) is 33.0 Å². The molecular weight excluding hydrogens is 821 g/mol. The molecule has 4 N–H and O–H groups in total. The van der Waals surface area contributed by atoms with E-state index in [1.807, 2.05) is 72.2 Å². The Hall–Kier alpha value is -5.53. The summed E-state index contributed by atoms with van der Waals surface area (Å²) in [7, 11) is -1.29. The lowest BCUT2D eigenvalue weighted by Gasteiger charge is -2.28. The van der Waals surface area contributed by atoms with Crippen molar-refractivity contribution in [2.24, 2.45) is 0 Å². The summed E-state index contributed by atoms with van der Waals surface area (Å²) in [6.07, 6.45) is 4.39. The molecule has 0 radical (unpaired) electrons. The van der Waals surface area contributed by atoms with Gasteiger partial charge in [0.15, 0.2) is 0 Å². The first kappa shape index (κ1) is 49.1. The van der Waals surface area contributed by atoms with E-state index in [0.29, 0.717) is 0 Å². The molecule has 4 rings (SSSR count). The number of carbonyl (C=O) groups is 4.